The van der Waals surface area contributed by atoms with Gasteiger partial charge in [-0.05, 0) is 12.0 Å². The Hall–Kier alpha value is -2.28. The molecule has 0 aliphatic carbocycles. The molecule has 0 saturated heterocycles. The van der Waals surface area contributed by atoms with E-state index in [4.69, 9.17) is 11.0 Å². The number of hydrogen-bond acceptors (Lipinski definition) is 3. The fraction of sp³-hybridized carbons (Fsp3) is 0.231. The lowest BCUT2D eigenvalue weighted by molar-refractivity contribution is -0.127. The summed E-state index contributed by atoms with van der Waals surface area (Å²) in [6.45, 7) is 0.528. The first kappa shape index (κ1) is 11.2. The average Bonchev–Trinajstić information content (AvgIpc) is 2.63. The van der Waals surface area contributed by atoms with Crippen LogP contribution in [0.1, 0.15) is 12.0 Å². The number of amides is 1. The number of nitriles is 1. The number of nitrogens with zero attached hydrogens (tertiary/aromatic N) is 2. The molecule has 1 aliphatic rings. The molecule has 0 radical (unpaired) electrons. The Morgan fingerprint density at radius 2 is 2.06 bits per heavy atom. The van der Waals surface area contributed by atoms with Gasteiger partial charge in [0.1, 0.15) is 5.82 Å². The van der Waals surface area contributed by atoms with E-state index in [1.807, 2.05) is 36.4 Å². The van der Waals surface area contributed by atoms with Crippen LogP contribution in [0.25, 0.3) is 0 Å². The molecule has 0 bridgehead atoms. The summed E-state index contributed by atoms with van der Waals surface area (Å²) < 4.78 is 0. The van der Waals surface area contributed by atoms with Crippen LogP contribution in [-0.4, -0.2) is 17.4 Å². The van der Waals surface area contributed by atoms with E-state index in [0.29, 0.717) is 17.9 Å². The maximum absolute atomic E-state index is 11.6. The van der Waals surface area contributed by atoms with Gasteiger partial charge in [-0.2, -0.15) is 5.26 Å². The van der Waals surface area contributed by atoms with E-state index in [1.165, 1.54) is 4.90 Å². The van der Waals surface area contributed by atoms with Crippen LogP contribution in [0.15, 0.2) is 41.7 Å². The topological polar surface area (TPSA) is 70.1 Å². The molecule has 17 heavy (non-hydrogen) atoms. The van der Waals surface area contributed by atoms with Crippen molar-refractivity contribution in [2.24, 2.45) is 5.73 Å². The summed E-state index contributed by atoms with van der Waals surface area (Å²) in [5.41, 5.74) is 7.28. The number of rotatable bonds is 3. The molecule has 1 aliphatic heterocycles. The zero-order valence-corrected chi connectivity index (χ0v) is 9.39. The first-order valence-corrected chi connectivity index (χ1v) is 5.45. The minimum Gasteiger partial charge on any atom is -0.384 e. The summed E-state index contributed by atoms with van der Waals surface area (Å²) in [6, 6.07) is 11.8. The lowest BCUT2D eigenvalue weighted by Gasteiger charge is -2.17. The minimum atomic E-state index is -0.0880. The lowest BCUT2D eigenvalue weighted by Crippen LogP contribution is -2.31. The van der Waals surface area contributed by atoms with Crippen LogP contribution in [0.3, 0.4) is 0 Å². The van der Waals surface area contributed by atoms with Gasteiger partial charge in [0.25, 0.3) is 0 Å². The maximum Gasteiger partial charge on any atom is 0.233 e. The Kier molecular flexibility index (Phi) is 3.10. The predicted octanol–water partition coefficient (Wildman–Crippen LogP) is 1.16. The zero-order chi connectivity index (χ0) is 12.3. The number of benzene rings is 1. The Bertz CT molecular complexity index is 499. The summed E-state index contributed by atoms with van der Waals surface area (Å²) >= 11 is 0. The van der Waals surface area contributed by atoms with E-state index in [1.54, 1.807) is 0 Å². The SMILES string of the molecule is N#CC1=C(N)N(CCc2ccccc2)C(=O)C1. The number of carbonyl (C=O) groups excluding carboxylic acids is 1. The molecule has 0 unspecified atom stereocenters. The normalized spacial score (nSPS) is 15.2. The van der Waals surface area contributed by atoms with Gasteiger partial charge in [0, 0.05) is 6.54 Å². The van der Waals surface area contributed by atoms with Gasteiger partial charge in [-0.25, -0.2) is 0 Å². The van der Waals surface area contributed by atoms with Crippen molar-refractivity contribution in [2.45, 2.75) is 12.8 Å². The van der Waals surface area contributed by atoms with Crippen molar-refractivity contribution in [1.82, 2.24) is 4.90 Å². The summed E-state index contributed by atoms with van der Waals surface area (Å²) in [6.07, 6.45) is 0.878. The number of nitrogens with two attached hydrogens (primary N) is 1. The first-order chi connectivity index (χ1) is 8.22. The highest BCUT2D eigenvalue weighted by Gasteiger charge is 2.27. The third-order valence-corrected chi connectivity index (χ3v) is 2.83. The van der Waals surface area contributed by atoms with Crippen LogP contribution < -0.4 is 5.73 Å². The highest BCUT2D eigenvalue weighted by atomic mass is 16.2. The molecule has 0 spiro atoms. The molecule has 2 rings (SSSR count). The molecule has 2 N–H and O–H groups in total. The quantitative estimate of drug-likeness (QED) is 0.842. The van der Waals surface area contributed by atoms with E-state index in [-0.39, 0.29) is 12.3 Å². The second-order valence-corrected chi connectivity index (χ2v) is 3.93. The van der Waals surface area contributed by atoms with Crippen molar-refractivity contribution in [3.8, 4) is 6.07 Å². The standard InChI is InChI=1S/C13H13N3O/c14-9-11-8-12(17)16(13(11)15)7-6-10-4-2-1-3-5-10/h1-5H,6-8,15H2. The number of carbonyl (C=O) groups is 1. The minimum absolute atomic E-state index is 0.0880. The molecule has 4 heteroatoms. The van der Waals surface area contributed by atoms with Crippen LogP contribution in [0.4, 0.5) is 0 Å². The third kappa shape index (κ3) is 2.28. The molecule has 0 saturated carbocycles. The molecular formula is C13H13N3O. The van der Waals surface area contributed by atoms with Gasteiger partial charge >= 0.3 is 0 Å². The monoisotopic (exact) mass is 227 g/mol. The largest absolute Gasteiger partial charge is 0.384 e. The van der Waals surface area contributed by atoms with Crippen LogP contribution in [0.2, 0.25) is 0 Å². The molecule has 1 heterocycles. The van der Waals surface area contributed by atoms with E-state index in [9.17, 15) is 4.79 Å². The van der Waals surface area contributed by atoms with Gasteiger partial charge in [-0.15, -0.1) is 0 Å². The first-order valence-electron chi connectivity index (χ1n) is 5.45. The van der Waals surface area contributed by atoms with Gasteiger partial charge < -0.3 is 5.73 Å². The van der Waals surface area contributed by atoms with Crippen molar-refractivity contribution in [3.63, 3.8) is 0 Å². The Balaban J connectivity index is 2.03. The molecule has 0 atom stereocenters. The summed E-state index contributed by atoms with van der Waals surface area (Å²) in [5.74, 6) is 0.225. The van der Waals surface area contributed by atoms with Crippen molar-refractivity contribution in [3.05, 3.63) is 47.3 Å². The average molecular weight is 227 g/mol. The Labute approximate surface area is 99.9 Å². The van der Waals surface area contributed by atoms with E-state index in [0.717, 1.165) is 12.0 Å². The van der Waals surface area contributed by atoms with Crippen molar-refractivity contribution in [2.75, 3.05) is 6.54 Å². The van der Waals surface area contributed by atoms with E-state index in [2.05, 4.69) is 0 Å². The number of hydrogen-bond donors (Lipinski definition) is 1. The van der Waals surface area contributed by atoms with Crippen molar-refractivity contribution in [1.29, 1.82) is 5.26 Å². The Morgan fingerprint density at radius 1 is 1.35 bits per heavy atom. The molecule has 1 amide bonds. The summed E-state index contributed by atoms with van der Waals surface area (Å²) in [7, 11) is 0. The lowest BCUT2D eigenvalue weighted by atomic mass is 10.1. The molecule has 4 nitrogen and oxygen atoms in total. The van der Waals surface area contributed by atoms with Crippen molar-refractivity contribution >= 4 is 5.91 Å². The smallest absolute Gasteiger partial charge is 0.233 e. The van der Waals surface area contributed by atoms with Crippen LogP contribution in [0.5, 0.6) is 0 Å². The molecule has 0 fully saturated rings. The van der Waals surface area contributed by atoms with Crippen LogP contribution in [-0.2, 0) is 11.2 Å². The zero-order valence-electron chi connectivity index (χ0n) is 9.39. The van der Waals surface area contributed by atoms with Gasteiger partial charge in [-0.1, -0.05) is 30.3 Å². The van der Waals surface area contributed by atoms with Gasteiger partial charge in [0.15, 0.2) is 0 Å². The second kappa shape index (κ2) is 4.71. The van der Waals surface area contributed by atoms with Gasteiger partial charge in [0.2, 0.25) is 5.91 Å². The van der Waals surface area contributed by atoms with Gasteiger partial charge in [-0.3, -0.25) is 9.69 Å². The molecular weight excluding hydrogens is 214 g/mol. The predicted molar refractivity (Wildman–Crippen MR) is 63.3 cm³/mol. The van der Waals surface area contributed by atoms with Gasteiger partial charge in [0.05, 0.1) is 18.1 Å². The van der Waals surface area contributed by atoms with Crippen LogP contribution >= 0.6 is 0 Å². The molecule has 86 valence electrons. The highest BCUT2D eigenvalue weighted by Crippen LogP contribution is 2.20. The maximum atomic E-state index is 11.6. The molecule has 0 aromatic heterocycles. The summed E-state index contributed by atoms with van der Waals surface area (Å²) in [5, 5.41) is 8.79. The molecule has 1 aromatic rings. The fourth-order valence-corrected chi connectivity index (χ4v) is 1.86. The van der Waals surface area contributed by atoms with E-state index < -0.39 is 0 Å². The van der Waals surface area contributed by atoms with Crippen molar-refractivity contribution < 1.29 is 4.79 Å². The van der Waals surface area contributed by atoms with E-state index >= 15 is 0 Å². The Morgan fingerprint density at radius 3 is 2.65 bits per heavy atom. The molecule has 1 aromatic carbocycles. The second-order valence-electron chi connectivity index (χ2n) is 3.93. The fourth-order valence-electron chi connectivity index (χ4n) is 1.86. The highest BCUT2D eigenvalue weighted by molar-refractivity contribution is 5.85. The van der Waals surface area contributed by atoms with Crippen LogP contribution in [0, 0.1) is 11.3 Å². The third-order valence-electron chi connectivity index (χ3n) is 2.83. The summed E-state index contributed by atoms with van der Waals surface area (Å²) in [4.78, 5) is 13.1.